The molecule has 2 aromatic carbocycles. The monoisotopic (exact) mass is 430 g/mol. The number of nitrogens with one attached hydrogen (secondary N) is 1. The molecule has 0 aromatic heterocycles. The molecule has 0 fully saturated rings. The summed E-state index contributed by atoms with van der Waals surface area (Å²) in [4.78, 5) is 12.6. The van der Waals surface area contributed by atoms with Gasteiger partial charge >= 0.3 is 0 Å². The number of benzene rings is 2. The van der Waals surface area contributed by atoms with E-state index in [0.29, 0.717) is 11.5 Å². The molecule has 0 aliphatic carbocycles. The minimum atomic E-state index is -3.82. The lowest BCUT2D eigenvalue weighted by molar-refractivity contribution is -0.116. The van der Waals surface area contributed by atoms with Crippen molar-refractivity contribution < 1.29 is 27.1 Å². The number of rotatable bonds is 7. The van der Waals surface area contributed by atoms with Crippen LogP contribution in [-0.2, 0) is 14.8 Å². The molecule has 2 aromatic rings. The molecule has 0 aliphatic rings. The summed E-state index contributed by atoms with van der Waals surface area (Å²) >= 11 is 5.71. The van der Waals surface area contributed by atoms with E-state index in [1.54, 1.807) is 0 Å². The molecular formula is C18H20ClFN2O5S. The second kappa shape index (κ2) is 8.66. The van der Waals surface area contributed by atoms with Crippen molar-refractivity contribution in [2.24, 2.45) is 0 Å². The number of carbonyl (C=O) groups is 1. The van der Waals surface area contributed by atoms with Gasteiger partial charge in [-0.05, 0) is 37.3 Å². The van der Waals surface area contributed by atoms with Crippen LogP contribution in [0.15, 0.2) is 36.4 Å². The minimum absolute atomic E-state index is 0.162. The van der Waals surface area contributed by atoms with E-state index in [1.807, 2.05) is 0 Å². The summed E-state index contributed by atoms with van der Waals surface area (Å²) < 4.78 is 49.4. The fourth-order valence-corrected chi connectivity index (χ4v) is 3.94. The Morgan fingerprint density at radius 3 is 2.32 bits per heavy atom. The van der Waals surface area contributed by atoms with Crippen LogP contribution in [0.2, 0.25) is 5.02 Å². The van der Waals surface area contributed by atoms with E-state index in [-0.39, 0.29) is 16.4 Å². The van der Waals surface area contributed by atoms with Crippen molar-refractivity contribution in [1.29, 1.82) is 0 Å². The molecule has 0 unspecified atom stereocenters. The third kappa shape index (κ3) is 4.85. The number of sulfonamides is 1. The highest BCUT2D eigenvalue weighted by atomic mass is 35.5. The first kappa shape index (κ1) is 21.8. The van der Waals surface area contributed by atoms with Crippen molar-refractivity contribution in [2.45, 2.75) is 13.0 Å². The SMILES string of the molecule is COc1ccc(N([C@H](C)C(=O)Nc2ccc(F)c(Cl)c2)S(C)(=O)=O)cc1OC. The predicted molar refractivity (Wildman–Crippen MR) is 106 cm³/mol. The minimum Gasteiger partial charge on any atom is -0.493 e. The molecule has 0 spiro atoms. The lowest BCUT2D eigenvalue weighted by Gasteiger charge is -2.28. The predicted octanol–water partition coefficient (Wildman–Crippen LogP) is 3.29. The quantitative estimate of drug-likeness (QED) is 0.728. The van der Waals surface area contributed by atoms with Crippen molar-refractivity contribution in [1.82, 2.24) is 0 Å². The Morgan fingerprint density at radius 2 is 1.79 bits per heavy atom. The summed E-state index contributed by atoms with van der Waals surface area (Å²) in [6.07, 6.45) is 0.988. The Labute approximate surface area is 168 Å². The molecule has 1 atom stereocenters. The second-order valence-corrected chi connectivity index (χ2v) is 8.16. The van der Waals surface area contributed by atoms with E-state index in [9.17, 15) is 17.6 Å². The van der Waals surface area contributed by atoms with Gasteiger partial charge in [0.2, 0.25) is 15.9 Å². The van der Waals surface area contributed by atoms with Gasteiger partial charge in [0.15, 0.2) is 11.5 Å². The van der Waals surface area contributed by atoms with Crippen LogP contribution in [-0.4, -0.2) is 40.8 Å². The van der Waals surface area contributed by atoms with Crippen molar-refractivity contribution in [3.8, 4) is 11.5 Å². The van der Waals surface area contributed by atoms with E-state index in [0.717, 1.165) is 16.6 Å². The molecule has 28 heavy (non-hydrogen) atoms. The summed E-state index contributed by atoms with van der Waals surface area (Å²) in [6.45, 7) is 1.43. The van der Waals surface area contributed by atoms with Gasteiger partial charge in [0.1, 0.15) is 11.9 Å². The number of carbonyl (C=O) groups excluding carboxylic acids is 1. The molecule has 152 valence electrons. The number of nitrogens with zero attached hydrogens (tertiary/aromatic N) is 1. The average molecular weight is 431 g/mol. The molecular weight excluding hydrogens is 411 g/mol. The summed E-state index contributed by atoms with van der Waals surface area (Å²) in [6, 6.07) is 7.05. The van der Waals surface area contributed by atoms with E-state index in [4.69, 9.17) is 21.1 Å². The van der Waals surface area contributed by atoms with Crippen LogP contribution >= 0.6 is 11.6 Å². The first-order valence-corrected chi connectivity index (χ1v) is 10.3. The van der Waals surface area contributed by atoms with E-state index in [1.165, 1.54) is 51.5 Å². The van der Waals surface area contributed by atoms with Crippen LogP contribution in [0.4, 0.5) is 15.8 Å². The summed E-state index contributed by atoms with van der Waals surface area (Å²) in [5.74, 6) is -0.525. The normalized spacial score (nSPS) is 12.2. The molecule has 0 bridgehead atoms. The first-order valence-electron chi connectivity index (χ1n) is 8.05. The van der Waals surface area contributed by atoms with Crippen LogP contribution in [0, 0.1) is 5.82 Å². The summed E-state index contributed by atoms with van der Waals surface area (Å²) in [5.41, 5.74) is 0.462. The smallest absolute Gasteiger partial charge is 0.247 e. The summed E-state index contributed by atoms with van der Waals surface area (Å²) in [5, 5.41) is 2.37. The first-order chi connectivity index (χ1) is 13.1. The zero-order valence-corrected chi connectivity index (χ0v) is 17.3. The number of anilines is 2. The molecule has 1 N–H and O–H groups in total. The Balaban J connectivity index is 2.37. The van der Waals surface area contributed by atoms with Gasteiger partial charge in [0, 0.05) is 11.8 Å². The van der Waals surface area contributed by atoms with E-state index < -0.39 is 27.8 Å². The molecule has 0 heterocycles. The number of ether oxygens (including phenoxy) is 2. The zero-order valence-electron chi connectivity index (χ0n) is 15.7. The van der Waals surface area contributed by atoms with E-state index in [2.05, 4.69) is 5.32 Å². The van der Waals surface area contributed by atoms with Gasteiger partial charge in [-0.1, -0.05) is 11.6 Å². The third-order valence-electron chi connectivity index (χ3n) is 3.90. The lowest BCUT2D eigenvalue weighted by Crippen LogP contribution is -2.45. The number of methoxy groups -OCH3 is 2. The number of amides is 1. The molecule has 7 nitrogen and oxygen atoms in total. The molecule has 0 saturated carbocycles. The van der Waals surface area contributed by atoms with Crippen molar-refractivity contribution in [3.05, 3.63) is 47.2 Å². The molecule has 0 radical (unpaired) electrons. The maximum absolute atomic E-state index is 13.3. The van der Waals surface area contributed by atoms with Crippen LogP contribution in [0.3, 0.4) is 0 Å². The van der Waals surface area contributed by atoms with Gasteiger partial charge < -0.3 is 14.8 Å². The Bertz CT molecular complexity index is 984. The van der Waals surface area contributed by atoms with Crippen LogP contribution in [0.25, 0.3) is 0 Å². The van der Waals surface area contributed by atoms with Crippen LogP contribution in [0.5, 0.6) is 11.5 Å². The fourth-order valence-electron chi connectivity index (χ4n) is 2.59. The maximum atomic E-state index is 13.3. The number of halogens is 2. The number of hydrogen-bond acceptors (Lipinski definition) is 5. The molecule has 2 rings (SSSR count). The van der Waals surface area contributed by atoms with Crippen molar-refractivity contribution in [2.75, 3.05) is 30.1 Å². The van der Waals surface area contributed by atoms with Gasteiger partial charge in [0.05, 0.1) is 31.2 Å². The van der Waals surface area contributed by atoms with Crippen molar-refractivity contribution in [3.63, 3.8) is 0 Å². The van der Waals surface area contributed by atoms with Crippen LogP contribution < -0.4 is 19.1 Å². The Morgan fingerprint density at radius 1 is 1.14 bits per heavy atom. The molecule has 10 heteroatoms. The standard InChI is InChI=1S/C18H20ClFN2O5S/c1-11(18(23)21-12-5-7-15(20)14(19)9-12)22(28(4,24)25)13-6-8-16(26-2)17(10-13)27-3/h5-11H,1-4H3,(H,21,23)/t11-/m1/s1. The fraction of sp³-hybridized carbons (Fsp3) is 0.278. The zero-order chi connectivity index (χ0) is 21.1. The summed E-state index contributed by atoms with van der Waals surface area (Å²) in [7, 11) is -0.952. The largest absolute Gasteiger partial charge is 0.493 e. The highest BCUT2D eigenvalue weighted by Gasteiger charge is 2.30. The number of hydrogen-bond donors (Lipinski definition) is 1. The van der Waals surface area contributed by atoms with E-state index >= 15 is 0 Å². The van der Waals surface area contributed by atoms with Crippen molar-refractivity contribution >= 4 is 38.9 Å². The van der Waals surface area contributed by atoms with Gasteiger partial charge in [0.25, 0.3) is 0 Å². The Kier molecular flexibility index (Phi) is 6.73. The third-order valence-corrected chi connectivity index (χ3v) is 5.43. The van der Waals surface area contributed by atoms with Gasteiger partial charge in [-0.25, -0.2) is 12.8 Å². The Hall–Kier alpha value is -2.52. The second-order valence-electron chi connectivity index (χ2n) is 5.89. The van der Waals surface area contributed by atoms with Gasteiger partial charge in [-0.2, -0.15) is 0 Å². The molecule has 0 aliphatic heterocycles. The van der Waals surface area contributed by atoms with Crippen LogP contribution in [0.1, 0.15) is 6.92 Å². The van der Waals surface area contributed by atoms with Gasteiger partial charge in [-0.15, -0.1) is 0 Å². The average Bonchev–Trinajstić information content (AvgIpc) is 2.63. The highest BCUT2D eigenvalue weighted by Crippen LogP contribution is 2.33. The van der Waals surface area contributed by atoms with Gasteiger partial charge in [-0.3, -0.25) is 9.10 Å². The molecule has 0 saturated heterocycles. The lowest BCUT2D eigenvalue weighted by atomic mass is 10.2. The highest BCUT2D eigenvalue weighted by molar-refractivity contribution is 7.92. The maximum Gasteiger partial charge on any atom is 0.247 e. The molecule has 1 amide bonds. The topological polar surface area (TPSA) is 84.9 Å².